The van der Waals surface area contributed by atoms with Gasteiger partial charge in [0.2, 0.25) is 0 Å². The van der Waals surface area contributed by atoms with Crippen molar-refractivity contribution < 1.29 is 14.4 Å². The van der Waals surface area contributed by atoms with Crippen LogP contribution in [-0.4, -0.2) is 17.6 Å². The summed E-state index contributed by atoms with van der Waals surface area (Å²) in [5.41, 5.74) is 2.70. The van der Waals surface area contributed by atoms with Crippen LogP contribution < -0.4 is 5.54 Å². The Morgan fingerprint density at radius 3 is 2.46 bits per heavy atom. The molecule has 0 saturated carbocycles. The minimum Gasteiger partial charge on any atom is -0.478 e. The van der Waals surface area contributed by atoms with Crippen LogP contribution in [0.25, 0.3) is 0 Å². The number of carboxylic acid groups (broad SMARTS) is 1. The molecule has 0 aromatic heterocycles. The summed E-state index contributed by atoms with van der Waals surface area (Å²) in [6, 6.07) is 6.38. The highest BCUT2D eigenvalue weighted by Gasteiger charge is 2.00. The van der Waals surface area contributed by atoms with Crippen LogP contribution in [0.2, 0.25) is 0 Å². The van der Waals surface area contributed by atoms with Crippen molar-refractivity contribution in [2.24, 2.45) is 0 Å². The van der Waals surface area contributed by atoms with Crippen molar-refractivity contribution >= 4 is 5.97 Å². The van der Waals surface area contributed by atoms with Crippen LogP contribution in [0.15, 0.2) is 24.3 Å². The average Bonchev–Trinajstić information content (AvgIpc) is 2.15. The van der Waals surface area contributed by atoms with Crippen LogP contribution >= 0.6 is 0 Å². The Labute approximate surface area is 75.1 Å². The summed E-state index contributed by atoms with van der Waals surface area (Å²) in [4.78, 5) is 10.5. The number of hydrogen-bond donors (Lipinski definition) is 2. The molecule has 0 aliphatic carbocycles. The molecule has 0 bridgehead atoms. The van der Waals surface area contributed by atoms with Crippen LogP contribution in [-0.2, 0) is 6.42 Å². The average molecular weight is 183 g/mol. The summed E-state index contributed by atoms with van der Waals surface area (Å²) in [5, 5.41) is 8.58. The van der Waals surface area contributed by atoms with Crippen LogP contribution in [0.1, 0.15) is 15.9 Å². The van der Waals surface area contributed by atoms with Gasteiger partial charge in [-0.3, -0.25) is 0 Å². The standard InChI is InChI=1S/C9H10FNO2/c10-11-6-5-7-1-3-8(4-2-7)9(12)13/h1-4,11H,5-6H2,(H,12,13). The Morgan fingerprint density at radius 1 is 1.38 bits per heavy atom. The molecule has 0 aliphatic rings. The van der Waals surface area contributed by atoms with Crippen molar-refractivity contribution in [1.82, 2.24) is 5.54 Å². The third kappa shape index (κ3) is 2.83. The van der Waals surface area contributed by atoms with E-state index in [2.05, 4.69) is 0 Å². The monoisotopic (exact) mass is 183 g/mol. The maximum absolute atomic E-state index is 11.5. The second-order valence-corrected chi connectivity index (χ2v) is 2.64. The quantitative estimate of drug-likeness (QED) is 0.694. The summed E-state index contributed by atoms with van der Waals surface area (Å²) in [6.45, 7) is 0.242. The molecule has 0 heterocycles. The van der Waals surface area contributed by atoms with Crippen LogP contribution in [0.3, 0.4) is 0 Å². The maximum Gasteiger partial charge on any atom is 0.335 e. The molecule has 13 heavy (non-hydrogen) atoms. The molecule has 0 radical (unpaired) electrons. The third-order valence-electron chi connectivity index (χ3n) is 1.71. The molecule has 70 valence electrons. The zero-order valence-corrected chi connectivity index (χ0v) is 6.96. The molecular weight excluding hydrogens is 173 g/mol. The number of hydrogen-bond acceptors (Lipinski definition) is 2. The topological polar surface area (TPSA) is 49.3 Å². The van der Waals surface area contributed by atoms with Gasteiger partial charge in [0.05, 0.1) is 5.56 Å². The number of halogens is 1. The minimum absolute atomic E-state index is 0.242. The highest BCUT2D eigenvalue weighted by Crippen LogP contribution is 2.04. The van der Waals surface area contributed by atoms with E-state index in [9.17, 15) is 9.28 Å². The second kappa shape index (κ2) is 4.57. The first-order valence-corrected chi connectivity index (χ1v) is 3.90. The molecule has 0 fully saturated rings. The van der Waals surface area contributed by atoms with E-state index in [-0.39, 0.29) is 12.1 Å². The summed E-state index contributed by atoms with van der Waals surface area (Å²) >= 11 is 0. The van der Waals surface area contributed by atoms with E-state index < -0.39 is 5.97 Å². The molecule has 0 unspecified atom stereocenters. The van der Waals surface area contributed by atoms with Crippen LogP contribution in [0, 0.1) is 0 Å². The smallest absolute Gasteiger partial charge is 0.335 e. The summed E-state index contributed by atoms with van der Waals surface area (Å²) in [5.74, 6) is -0.949. The molecule has 1 aromatic rings. The van der Waals surface area contributed by atoms with Crippen LogP contribution in [0.4, 0.5) is 4.48 Å². The van der Waals surface area contributed by atoms with E-state index in [0.717, 1.165) is 5.56 Å². The highest BCUT2D eigenvalue weighted by molar-refractivity contribution is 5.87. The molecule has 1 rings (SSSR count). The van der Waals surface area contributed by atoms with E-state index in [1.54, 1.807) is 12.1 Å². The number of nitrogens with one attached hydrogen (secondary N) is 1. The second-order valence-electron chi connectivity index (χ2n) is 2.64. The van der Waals surface area contributed by atoms with Gasteiger partial charge in [-0.05, 0) is 24.1 Å². The van der Waals surface area contributed by atoms with Gasteiger partial charge in [0.15, 0.2) is 0 Å². The first-order chi connectivity index (χ1) is 6.24. The largest absolute Gasteiger partial charge is 0.478 e. The Hall–Kier alpha value is -1.42. The Kier molecular flexibility index (Phi) is 3.40. The predicted octanol–water partition coefficient (Wildman–Crippen LogP) is 1.40. The van der Waals surface area contributed by atoms with Gasteiger partial charge in [0.1, 0.15) is 0 Å². The Bertz CT molecular complexity index is 284. The molecule has 4 heteroatoms. The molecular formula is C9H10FNO2. The van der Waals surface area contributed by atoms with Crippen molar-refractivity contribution in [3.63, 3.8) is 0 Å². The van der Waals surface area contributed by atoms with E-state index in [1.165, 1.54) is 17.7 Å². The van der Waals surface area contributed by atoms with Gasteiger partial charge in [0.25, 0.3) is 0 Å². The number of rotatable bonds is 4. The van der Waals surface area contributed by atoms with Gasteiger partial charge >= 0.3 is 5.97 Å². The molecule has 0 aliphatic heterocycles. The fourth-order valence-electron chi connectivity index (χ4n) is 1.01. The molecule has 0 atom stereocenters. The normalized spacial score (nSPS) is 9.92. The maximum atomic E-state index is 11.5. The zero-order valence-electron chi connectivity index (χ0n) is 6.96. The minimum atomic E-state index is -0.949. The Morgan fingerprint density at radius 2 is 2.00 bits per heavy atom. The molecule has 0 spiro atoms. The first-order valence-electron chi connectivity index (χ1n) is 3.90. The molecule has 3 nitrogen and oxygen atoms in total. The fourth-order valence-corrected chi connectivity index (χ4v) is 1.01. The van der Waals surface area contributed by atoms with Gasteiger partial charge in [-0.15, -0.1) is 4.48 Å². The third-order valence-corrected chi connectivity index (χ3v) is 1.71. The van der Waals surface area contributed by atoms with Gasteiger partial charge in [-0.25, -0.2) is 4.79 Å². The zero-order chi connectivity index (χ0) is 9.68. The number of aromatic carboxylic acids is 1. The van der Waals surface area contributed by atoms with E-state index >= 15 is 0 Å². The summed E-state index contributed by atoms with van der Waals surface area (Å²) in [6.07, 6.45) is 0.552. The number of benzene rings is 1. The van der Waals surface area contributed by atoms with Gasteiger partial charge in [-0.2, -0.15) is 5.54 Å². The lowest BCUT2D eigenvalue weighted by molar-refractivity contribution is 0.0697. The van der Waals surface area contributed by atoms with Crippen molar-refractivity contribution in [3.05, 3.63) is 35.4 Å². The SMILES string of the molecule is O=C(O)c1ccc(CCNF)cc1. The lowest BCUT2D eigenvalue weighted by Crippen LogP contribution is -2.05. The molecule has 1 aromatic carbocycles. The highest BCUT2D eigenvalue weighted by atomic mass is 19.2. The predicted molar refractivity (Wildman–Crippen MR) is 46.2 cm³/mol. The van der Waals surface area contributed by atoms with E-state index in [4.69, 9.17) is 5.11 Å². The van der Waals surface area contributed by atoms with Crippen molar-refractivity contribution in [2.45, 2.75) is 6.42 Å². The van der Waals surface area contributed by atoms with E-state index in [1.807, 2.05) is 0 Å². The molecule has 0 amide bonds. The number of carbonyl (C=O) groups is 1. The molecule has 0 saturated heterocycles. The van der Waals surface area contributed by atoms with Crippen LogP contribution in [0.5, 0.6) is 0 Å². The fraction of sp³-hybridized carbons (Fsp3) is 0.222. The van der Waals surface area contributed by atoms with Crippen molar-refractivity contribution in [2.75, 3.05) is 6.54 Å². The Balaban J connectivity index is 2.64. The van der Waals surface area contributed by atoms with Crippen molar-refractivity contribution in [1.29, 1.82) is 0 Å². The van der Waals surface area contributed by atoms with Crippen molar-refractivity contribution in [3.8, 4) is 0 Å². The summed E-state index contributed by atoms with van der Waals surface area (Å²) < 4.78 is 11.5. The summed E-state index contributed by atoms with van der Waals surface area (Å²) in [7, 11) is 0. The van der Waals surface area contributed by atoms with Gasteiger partial charge < -0.3 is 5.11 Å². The lowest BCUT2D eigenvalue weighted by Gasteiger charge is -1.99. The first kappa shape index (κ1) is 9.67. The van der Waals surface area contributed by atoms with E-state index in [0.29, 0.717) is 6.42 Å². The van der Waals surface area contributed by atoms with Gasteiger partial charge in [0, 0.05) is 6.54 Å². The molecule has 2 N–H and O–H groups in total. The lowest BCUT2D eigenvalue weighted by atomic mass is 10.1. The number of carboxylic acids is 1. The van der Waals surface area contributed by atoms with Gasteiger partial charge in [-0.1, -0.05) is 12.1 Å².